The summed E-state index contributed by atoms with van der Waals surface area (Å²) in [6.07, 6.45) is 2.82. The van der Waals surface area contributed by atoms with Crippen LogP contribution in [0.1, 0.15) is 25.3 Å². The van der Waals surface area contributed by atoms with Gasteiger partial charge in [-0.2, -0.15) is 0 Å². The van der Waals surface area contributed by atoms with E-state index in [0.29, 0.717) is 12.2 Å². The number of unbranched alkanes of at least 4 members (excludes halogenated alkanes) is 1. The van der Waals surface area contributed by atoms with Gasteiger partial charge < -0.3 is 14.7 Å². The molecule has 0 aliphatic carbocycles. The number of hydrogen-bond acceptors (Lipinski definition) is 3. The zero-order chi connectivity index (χ0) is 16.2. The summed E-state index contributed by atoms with van der Waals surface area (Å²) in [6.45, 7) is 3.90. The maximum atomic E-state index is 13.4. The van der Waals surface area contributed by atoms with Crippen molar-refractivity contribution >= 4 is 5.69 Å². The van der Waals surface area contributed by atoms with E-state index in [1.54, 1.807) is 24.3 Å². The molecule has 0 radical (unpaired) electrons. The average Bonchev–Trinajstić information content (AvgIpc) is 2.52. The summed E-state index contributed by atoms with van der Waals surface area (Å²) in [4.78, 5) is 2.30. The number of benzene rings is 2. The number of anilines is 1. The van der Waals surface area contributed by atoms with E-state index in [4.69, 9.17) is 4.74 Å². The van der Waals surface area contributed by atoms with Crippen molar-refractivity contribution in [2.75, 3.05) is 18.0 Å². The fourth-order valence-electron chi connectivity index (χ4n) is 3.01. The van der Waals surface area contributed by atoms with Gasteiger partial charge in [-0.05, 0) is 36.2 Å². The maximum absolute atomic E-state index is 13.4. The minimum Gasteiger partial charge on any atom is -0.508 e. The molecule has 23 heavy (non-hydrogen) atoms. The van der Waals surface area contributed by atoms with Crippen molar-refractivity contribution in [3.05, 3.63) is 53.8 Å². The van der Waals surface area contributed by atoms with Crippen molar-refractivity contribution in [3.63, 3.8) is 0 Å². The summed E-state index contributed by atoms with van der Waals surface area (Å²) in [7, 11) is 0. The Labute approximate surface area is 136 Å². The third-order valence-corrected chi connectivity index (χ3v) is 4.14. The lowest BCUT2D eigenvalue weighted by atomic mass is 10.0. The Balaban J connectivity index is 1.81. The molecule has 0 saturated carbocycles. The van der Waals surface area contributed by atoms with Crippen LogP contribution in [0.5, 0.6) is 11.5 Å². The van der Waals surface area contributed by atoms with Gasteiger partial charge in [-0.15, -0.1) is 0 Å². The van der Waals surface area contributed by atoms with Gasteiger partial charge in [-0.1, -0.05) is 25.5 Å². The first-order valence-electron chi connectivity index (χ1n) is 8.15. The molecule has 0 amide bonds. The fraction of sp³-hybridized carbons (Fsp3) is 0.368. The van der Waals surface area contributed by atoms with Crippen LogP contribution in [0, 0.1) is 5.82 Å². The second-order valence-corrected chi connectivity index (χ2v) is 6.03. The van der Waals surface area contributed by atoms with Gasteiger partial charge in [0.15, 0.2) is 0 Å². The van der Waals surface area contributed by atoms with E-state index in [1.165, 1.54) is 6.07 Å². The van der Waals surface area contributed by atoms with Crippen LogP contribution in [-0.4, -0.2) is 24.3 Å². The number of phenols is 1. The van der Waals surface area contributed by atoms with Crippen LogP contribution in [0.2, 0.25) is 0 Å². The Bertz CT molecular complexity index is 674. The van der Waals surface area contributed by atoms with Crippen LogP contribution < -0.4 is 9.64 Å². The molecule has 1 heterocycles. The minimum absolute atomic E-state index is 0.0528. The number of aromatic hydroxyl groups is 1. The Morgan fingerprint density at radius 3 is 2.91 bits per heavy atom. The molecule has 0 aromatic heterocycles. The zero-order valence-electron chi connectivity index (χ0n) is 13.3. The lowest BCUT2D eigenvalue weighted by Crippen LogP contribution is -2.41. The highest BCUT2D eigenvalue weighted by atomic mass is 19.1. The van der Waals surface area contributed by atoms with E-state index in [-0.39, 0.29) is 17.7 Å². The standard InChI is InChI=1S/C19H22FNO2/c1-2-3-9-21-13-17(11-14-5-4-6-15(20)10-14)23-19-12-16(22)7-8-18(19)21/h4-8,10,12,17,22H,2-3,9,11,13H2,1H3. The van der Waals surface area contributed by atoms with Crippen LogP contribution in [0.15, 0.2) is 42.5 Å². The molecule has 3 rings (SSSR count). The molecule has 4 heteroatoms. The molecule has 1 atom stereocenters. The highest BCUT2D eigenvalue weighted by molar-refractivity contribution is 5.62. The Morgan fingerprint density at radius 2 is 2.13 bits per heavy atom. The molecule has 0 fully saturated rings. The minimum atomic E-state index is -0.223. The van der Waals surface area contributed by atoms with E-state index < -0.39 is 0 Å². The van der Waals surface area contributed by atoms with Crippen LogP contribution in [-0.2, 0) is 6.42 Å². The Kier molecular flexibility index (Phi) is 4.70. The van der Waals surface area contributed by atoms with Crippen molar-refractivity contribution < 1.29 is 14.2 Å². The third kappa shape index (κ3) is 3.76. The Morgan fingerprint density at radius 1 is 1.26 bits per heavy atom. The van der Waals surface area contributed by atoms with Crippen molar-refractivity contribution in [1.82, 2.24) is 0 Å². The molecular weight excluding hydrogens is 293 g/mol. The number of phenolic OH excluding ortho intramolecular Hbond substituents is 1. The molecule has 2 aromatic carbocycles. The van der Waals surface area contributed by atoms with Gasteiger partial charge in [0.05, 0.1) is 12.2 Å². The van der Waals surface area contributed by atoms with Crippen LogP contribution in [0.4, 0.5) is 10.1 Å². The number of fused-ring (bicyclic) bond motifs is 1. The highest BCUT2D eigenvalue weighted by Crippen LogP contribution is 2.36. The quantitative estimate of drug-likeness (QED) is 0.900. The van der Waals surface area contributed by atoms with Gasteiger partial charge in [-0.25, -0.2) is 4.39 Å². The van der Waals surface area contributed by atoms with Crippen molar-refractivity contribution in [2.45, 2.75) is 32.3 Å². The van der Waals surface area contributed by atoms with E-state index in [9.17, 15) is 9.50 Å². The number of rotatable bonds is 5. The molecule has 3 nitrogen and oxygen atoms in total. The molecule has 1 unspecified atom stereocenters. The lowest BCUT2D eigenvalue weighted by Gasteiger charge is -2.36. The van der Waals surface area contributed by atoms with E-state index >= 15 is 0 Å². The smallest absolute Gasteiger partial charge is 0.146 e. The Hall–Kier alpha value is -2.23. The summed E-state index contributed by atoms with van der Waals surface area (Å²) in [5.74, 6) is 0.679. The first kappa shape index (κ1) is 15.7. The van der Waals surface area contributed by atoms with Gasteiger partial charge >= 0.3 is 0 Å². The number of halogens is 1. The molecule has 2 aromatic rings. The van der Waals surface area contributed by atoms with Gasteiger partial charge in [-0.3, -0.25) is 0 Å². The van der Waals surface area contributed by atoms with Crippen molar-refractivity contribution in [3.8, 4) is 11.5 Å². The fourth-order valence-corrected chi connectivity index (χ4v) is 3.01. The van der Waals surface area contributed by atoms with Crippen LogP contribution in [0.25, 0.3) is 0 Å². The van der Waals surface area contributed by atoms with Gasteiger partial charge in [0.1, 0.15) is 23.4 Å². The normalized spacial score (nSPS) is 16.8. The van der Waals surface area contributed by atoms with E-state index in [2.05, 4.69) is 11.8 Å². The van der Waals surface area contributed by atoms with Crippen molar-refractivity contribution in [1.29, 1.82) is 0 Å². The largest absolute Gasteiger partial charge is 0.508 e. The molecule has 122 valence electrons. The SMILES string of the molecule is CCCCN1CC(Cc2cccc(F)c2)Oc2cc(O)ccc21. The highest BCUT2D eigenvalue weighted by Gasteiger charge is 2.26. The first-order valence-corrected chi connectivity index (χ1v) is 8.15. The van der Waals surface area contributed by atoms with Crippen molar-refractivity contribution in [2.24, 2.45) is 0 Å². The average molecular weight is 315 g/mol. The molecule has 1 aliphatic heterocycles. The van der Waals surface area contributed by atoms with Gasteiger partial charge in [0.2, 0.25) is 0 Å². The monoisotopic (exact) mass is 315 g/mol. The third-order valence-electron chi connectivity index (χ3n) is 4.14. The van der Waals surface area contributed by atoms with Crippen LogP contribution >= 0.6 is 0 Å². The molecule has 1 aliphatic rings. The number of hydrogen-bond donors (Lipinski definition) is 1. The summed E-state index contributed by atoms with van der Waals surface area (Å²) in [5.41, 5.74) is 1.95. The second kappa shape index (κ2) is 6.90. The summed E-state index contributed by atoms with van der Waals surface area (Å²) < 4.78 is 19.4. The molecule has 0 bridgehead atoms. The molecule has 1 N–H and O–H groups in total. The van der Waals surface area contributed by atoms with E-state index in [1.807, 2.05) is 12.1 Å². The molecular formula is C19H22FNO2. The number of ether oxygens (including phenoxy) is 1. The summed E-state index contributed by atoms with van der Waals surface area (Å²) >= 11 is 0. The first-order chi connectivity index (χ1) is 11.2. The zero-order valence-corrected chi connectivity index (χ0v) is 13.3. The summed E-state index contributed by atoms with van der Waals surface area (Å²) in [6, 6.07) is 11.9. The maximum Gasteiger partial charge on any atom is 0.146 e. The molecule has 0 spiro atoms. The van der Waals surface area contributed by atoms with Gasteiger partial charge in [0, 0.05) is 19.0 Å². The van der Waals surface area contributed by atoms with E-state index in [0.717, 1.165) is 37.2 Å². The topological polar surface area (TPSA) is 32.7 Å². The molecule has 0 saturated heterocycles. The lowest BCUT2D eigenvalue weighted by molar-refractivity contribution is 0.192. The predicted octanol–water partition coefficient (Wildman–Crippen LogP) is 4.14. The van der Waals surface area contributed by atoms with Gasteiger partial charge in [0.25, 0.3) is 0 Å². The summed E-state index contributed by atoms with van der Waals surface area (Å²) in [5, 5.41) is 9.71. The predicted molar refractivity (Wildman–Crippen MR) is 89.7 cm³/mol. The second-order valence-electron chi connectivity index (χ2n) is 6.03. The number of nitrogens with zero attached hydrogens (tertiary/aromatic N) is 1. The van der Waals surface area contributed by atoms with Crippen LogP contribution in [0.3, 0.4) is 0 Å².